The summed E-state index contributed by atoms with van der Waals surface area (Å²) in [6, 6.07) is 4.95. The van der Waals surface area contributed by atoms with E-state index in [9.17, 15) is 14.7 Å². The van der Waals surface area contributed by atoms with Crippen molar-refractivity contribution in [2.45, 2.75) is 6.92 Å². The summed E-state index contributed by atoms with van der Waals surface area (Å²) in [5.41, 5.74) is 0.487. The Balaban J connectivity index is 2.78. The van der Waals surface area contributed by atoms with E-state index in [1.54, 1.807) is 25.1 Å². The summed E-state index contributed by atoms with van der Waals surface area (Å²) in [4.78, 5) is 26.1. The predicted octanol–water partition coefficient (Wildman–Crippen LogP) is 4.14. The SMILES string of the molecule is COC(=O)c1c(C(=O)OC)c(-c2ccc(OC)c(OC)c2)c2c(OC)c(OC)c(OC)c(C)c2c1O. The Morgan fingerprint density at radius 1 is 0.667 bits per heavy atom. The van der Waals surface area contributed by atoms with Crippen molar-refractivity contribution in [1.29, 1.82) is 0 Å². The molecule has 3 aromatic carbocycles. The Hall–Kier alpha value is -4.34. The molecule has 0 aromatic heterocycles. The molecule has 0 fully saturated rings. The molecule has 1 N–H and O–H groups in total. The lowest BCUT2D eigenvalue weighted by Gasteiger charge is -2.24. The summed E-state index contributed by atoms with van der Waals surface area (Å²) in [6.07, 6.45) is 0. The van der Waals surface area contributed by atoms with Gasteiger partial charge in [0.15, 0.2) is 23.0 Å². The first-order chi connectivity index (χ1) is 17.2. The lowest BCUT2D eigenvalue weighted by atomic mass is 9.86. The number of rotatable bonds is 8. The van der Waals surface area contributed by atoms with Crippen molar-refractivity contribution in [3.8, 4) is 45.6 Å². The molecule has 0 saturated heterocycles. The van der Waals surface area contributed by atoms with Crippen LogP contribution in [0.4, 0.5) is 0 Å². The van der Waals surface area contributed by atoms with Crippen LogP contribution in [0.15, 0.2) is 18.2 Å². The fourth-order valence-corrected chi connectivity index (χ4v) is 4.34. The van der Waals surface area contributed by atoms with E-state index in [0.717, 1.165) is 7.11 Å². The van der Waals surface area contributed by atoms with Crippen molar-refractivity contribution < 1.29 is 47.9 Å². The van der Waals surface area contributed by atoms with Crippen molar-refractivity contribution in [3.63, 3.8) is 0 Å². The van der Waals surface area contributed by atoms with Gasteiger partial charge in [0.25, 0.3) is 0 Å². The zero-order valence-corrected chi connectivity index (χ0v) is 21.4. The van der Waals surface area contributed by atoms with Crippen molar-refractivity contribution >= 4 is 22.7 Å². The number of aromatic hydroxyl groups is 1. The van der Waals surface area contributed by atoms with Gasteiger partial charge in [0.05, 0.1) is 55.3 Å². The first-order valence-electron chi connectivity index (χ1n) is 10.7. The number of hydrogen-bond acceptors (Lipinski definition) is 10. The maximum absolute atomic E-state index is 13.2. The zero-order valence-electron chi connectivity index (χ0n) is 21.4. The predicted molar refractivity (Wildman–Crippen MR) is 131 cm³/mol. The van der Waals surface area contributed by atoms with Gasteiger partial charge in [-0.3, -0.25) is 0 Å². The number of carbonyl (C=O) groups excluding carboxylic acids is 2. The number of aryl methyl sites for hydroxylation is 1. The van der Waals surface area contributed by atoms with Gasteiger partial charge in [-0.15, -0.1) is 0 Å². The van der Waals surface area contributed by atoms with Crippen LogP contribution in [0.25, 0.3) is 21.9 Å². The number of phenols is 1. The molecule has 0 spiro atoms. The number of benzene rings is 3. The molecule has 0 bridgehead atoms. The summed E-state index contributed by atoms with van der Waals surface area (Å²) >= 11 is 0. The summed E-state index contributed by atoms with van der Waals surface area (Å²) < 4.78 is 37.7. The summed E-state index contributed by atoms with van der Waals surface area (Å²) in [7, 11) is 9.55. The van der Waals surface area contributed by atoms with Crippen LogP contribution in [0, 0.1) is 6.92 Å². The summed E-state index contributed by atoms with van der Waals surface area (Å²) in [6.45, 7) is 1.68. The average molecular weight is 501 g/mol. The molecule has 10 heteroatoms. The Kier molecular flexibility index (Phi) is 7.67. The lowest BCUT2D eigenvalue weighted by Crippen LogP contribution is -2.15. The second-order valence-corrected chi connectivity index (χ2v) is 7.50. The van der Waals surface area contributed by atoms with E-state index < -0.39 is 17.7 Å². The molecule has 0 unspecified atom stereocenters. The fourth-order valence-electron chi connectivity index (χ4n) is 4.34. The second-order valence-electron chi connectivity index (χ2n) is 7.50. The van der Waals surface area contributed by atoms with Crippen LogP contribution in [0.5, 0.6) is 34.5 Å². The zero-order chi connectivity index (χ0) is 26.7. The number of esters is 2. The van der Waals surface area contributed by atoms with Gasteiger partial charge in [0, 0.05) is 21.9 Å². The quantitative estimate of drug-likeness (QED) is 0.452. The van der Waals surface area contributed by atoms with Gasteiger partial charge in [-0.1, -0.05) is 6.07 Å². The summed E-state index contributed by atoms with van der Waals surface area (Å²) in [5, 5.41) is 11.9. The highest BCUT2D eigenvalue weighted by molar-refractivity contribution is 6.21. The standard InChI is InChI=1S/C26H28O10/c1-12-16-18(23(33-5)24(34-6)22(12)32-4)17(13-9-10-14(30-2)15(11-13)31-3)19(25(28)35-7)20(21(16)27)26(29)36-8/h9-11,27H,1-8H3. The van der Waals surface area contributed by atoms with Gasteiger partial charge in [-0.05, 0) is 24.6 Å². The van der Waals surface area contributed by atoms with Crippen molar-refractivity contribution in [2.75, 3.05) is 49.8 Å². The molecule has 0 atom stereocenters. The number of carbonyl (C=O) groups is 2. The molecule has 0 saturated carbocycles. The minimum Gasteiger partial charge on any atom is -0.506 e. The maximum Gasteiger partial charge on any atom is 0.342 e. The van der Waals surface area contributed by atoms with Gasteiger partial charge < -0.3 is 38.3 Å². The third-order valence-electron chi connectivity index (χ3n) is 5.89. The number of methoxy groups -OCH3 is 7. The third kappa shape index (κ3) is 3.94. The van der Waals surface area contributed by atoms with E-state index >= 15 is 0 Å². The van der Waals surface area contributed by atoms with E-state index in [-0.39, 0.29) is 44.7 Å². The van der Waals surface area contributed by atoms with Gasteiger partial charge in [0.1, 0.15) is 11.3 Å². The Labute approximate surface area is 208 Å². The van der Waals surface area contributed by atoms with Crippen LogP contribution in [0.2, 0.25) is 0 Å². The number of hydrogen-bond donors (Lipinski definition) is 1. The van der Waals surface area contributed by atoms with Crippen LogP contribution in [-0.4, -0.2) is 66.8 Å². The molecule has 0 aliphatic rings. The van der Waals surface area contributed by atoms with Crippen LogP contribution in [-0.2, 0) is 9.47 Å². The second kappa shape index (κ2) is 10.5. The maximum atomic E-state index is 13.2. The molecule has 0 aliphatic carbocycles. The van der Waals surface area contributed by atoms with Crippen LogP contribution in [0.1, 0.15) is 26.3 Å². The molecule has 192 valence electrons. The van der Waals surface area contributed by atoms with Crippen LogP contribution < -0.4 is 23.7 Å². The summed E-state index contributed by atoms with van der Waals surface area (Å²) in [5.74, 6) is -0.849. The average Bonchev–Trinajstić information content (AvgIpc) is 2.90. The van der Waals surface area contributed by atoms with Gasteiger partial charge in [0.2, 0.25) is 5.75 Å². The molecule has 0 aliphatic heterocycles. The monoisotopic (exact) mass is 500 g/mol. The largest absolute Gasteiger partial charge is 0.506 e. The fraction of sp³-hybridized carbons (Fsp3) is 0.308. The molecule has 0 radical (unpaired) electrons. The van der Waals surface area contributed by atoms with Crippen LogP contribution >= 0.6 is 0 Å². The van der Waals surface area contributed by atoms with E-state index in [2.05, 4.69) is 0 Å². The highest BCUT2D eigenvalue weighted by atomic mass is 16.5. The molecular weight excluding hydrogens is 472 g/mol. The van der Waals surface area contributed by atoms with Crippen molar-refractivity contribution in [1.82, 2.24) is 0 Å². The lowest BCUT2D eigenvalue weighted by molar-refractivity contribution is 0.0553. The number of phenolic OH excluding ortho intramolecular Hbond substituents is 1. The first kappa shape index (κ1) is 26.3. The van der Waals surface area contributed by atoms with E-state index in [0.29, 0.717) is 22.6 Å². The topological polar surface area (TPSA) is 119 Å². The molecule has 3 aromatic rings. The highest BCUT2D eigenvalue weighted by Gasteiger charge is 2.35. The Morgan fingerprint density at radius 3 is 1.72 bits per heavy atom. The Morgan fingerprint density at radius 2 is 1.22 bits per heavy atom. The molecular formula is C26H28O10. The molecule has 3 rings (SSSR count). The highest BCUT2D eigenvalue weighted by Crippen LogP contribution is 2.54. The number of ether oxygens (including phenoxy) is 7. The van der Waals surface area contributed by atoms with E-state index in [1.165, 1.54) is 42.7 Å². The van der Waals surface area contributed by atoms with Crippen LogP contribution in [0.3, 0.4) is 0 Å². The number of fused-ring (bicyclic) bond motifs is 1. The first-order valence-corrected chi connectivity index (χ1v) is 10.7. The van der Waals surface area contributed by atoms with Gasteiger partial charge in [-0.2, -0.15) is 0 Å². The minimum atomic E-state index is -0.940. The molecule has 10 nitrogen and oxygen atoms in total. The molecule has 0 heterocycles. The van der Waals surface area contributed by atoms with E-state index in [1.807, 2.05) is 0 Å². The smallest absolute Gasteiger partial charge is 0.342 e. The Bertz CT molecular complexity index is 1340. The van der Waals surface area contributed by atoms with Crippen molar-refractivity contribution in [2.24, 2.45) is 0 Å². The molecule has 0 amide bonds. The normalized spacial score (nSPS) is 10.6. The third-order valence-corrected chi connectivity index (χ3v) is 5.89. The minimum absolute atomic E-state index is 0.164. The molecule has 36 heavy (non-hydrogen) atoms. The van der Waals surface area contributed by atoms with E-state index in [4.69, 9.17) is 33.2 Å². The van der Waals surface area contributed by atoms with Gasteiger partial charge in [-0.25, -0.2) is 9.59 Å². The van der Waals surface area contributed by atoms with Gasteiger partial charge >= 0.3 is 11.9 Å². The van der Waals surface area contributed by atoms with Crippen molar-refractivity contribution in [3.05, 3.63) is 34.9 Å².